The lowest BCUT2D eigenvalue weighted by Crippen LogP contribution is -2.64. The summed E-state index contributed by atoms with van der Waals surface area (Å²) in [5.41, 5.74) is 0.996. The van der Waals surface area contributed by atoms with Gasteiger partial charge >= 0.3 is 0 Å². The minimum atomic E-state index is -3.59. The van der Waals surface area contributed by atoms with Gasteiger partial charge in [-0.1, -0.05) is 48.2 Å². The molecule has 0 aliphatic carbocycles. The Morgan fingerprint density at radius 3 is 2.19 bits per heavy atom. The van der Waals surface area contributed by atoms with Crippen LogP contribution in [0.15, 0.2) is 24.3 Å². The summed E-state index contributed by atoms with van der Waals surface area (Å²) in [6.45, 7) is 14.4. The quantitative estimate of drug-likeness (QED) is 0.154. The maximum Gasteiger partial charge on any atom is 0.271 e. The first-order valence-electron chi connectivity index (χ1n) is 10.4. The van der Waals surface area contributed by atoms with E-state index in [0.717, 1.165) is 18.7 Å². The summed E-state index contributed by atoms with van der Waals surface area (Å²) in [7, 11) is -3.66. The van der Waals surface area contributed by atoms with E-state index < -0.39 is 39.8 Å². The van der Waals surface area contributed by atoms with Crippen LogP contribution in [0.4, 0.5) is 0 Å². The van der Waals surface area contributed by atoms with Gasteiger partial charge in [0.1, 0.15) is 22.8 Å². The predicted octanol–water partition coefficient (Wildman–Crippen LogP) is 3.46. The zero-order chi connectivity index (χ0) is 23.5. The first-order chi connectivity index (χ1) is 14.2. The fraction of sp³-hybridized carbons (Fsp3) is 0.714. The van der Waals surface area contributed by atoms with Gasteiger partial charge in [-0.2, -0.15) is 8.42 Å². The summed E-state index contributed by atoms with van der Waals surface area (Å²) in [5, 5.41) is 0. The summed E-state index contributed by atoms with van der Waals surface area (Å²) >= 11 is -1.32. The van der Waals surface area contributed by atoms with Gasteiger partial charge in [0.25, 0.3) is 10.1 Å². The number of hydrogen-bond donors (Lipinski definition) is 0. The smallest absolute Gasteiger partial charge is 0.271 e. The monoisotopic (exact) mass is 491 g/mol. The Morgan fingerprint density at radius 2 is 1.77 bits per heavy atom. The van der Waals surface area contributed by atoms with Crippen LogP contribution in [-0.2, 0) is 46.4 Å². The average Bonchev–Trinajstić information content (AvgIpc) is 2.61. The minimum Gasteiger partial charge on any atom is -0.597 e. The van der Waals surface area contributed by atoms with Gasteiger partial charge in [0.2, 0.25) is 0 Å². The average molecular weight is 492 g/mol. The fourth-order valence-corrected chi connectivity index (χ4v) is 5.95. The lowest BCUT2D eigenvalue weighted by molar-refractivity contribution is -0.139. The van der Waals surface area contributed by atoms with Crippen molar-refractivity contribution in [2.24, 2.45) is 0 Å². The molecule has 31 heavy (non-hydrogen) atoms. The first kappa shape index (κ1) is 26.8. The number of hydrogen-bond acceptors (Lipinski definition) is 7. The molecular weight excluding hydrogens is 454 g/mol. The predicted molar refractivity (Wildman–Crippen MR) is 127 cm³/mol. The molecule has 7 nitrogen and oxygen atoms in total. The normalized spacial score (nSPS) is 18.1. The molecule has 1 aromatic rings. The summed E-state index contributed by atoms with van der Waals surface area (Å²) < 4.78 is 54.5. The van der Waals surface area contributed by atoms with Crippen LogP contribution in [0.5, 0.6) is 0 Å². The molecule has 1 heterocycles. The van der Waals surface area contributed by atoms with Crippen molar-refractivity contribution in [3.8, 4) is 0 Å². The molecule has 0 saturated carbocycles. The van der Waals surface area contributed by atoms with E-state index in [9.17, 15) is 13.0 Å². The molecule has 0 radical (unpaired) electrons. The van der Waals surface area contributed by atoms with Crippen molar-refractivity contribution in [2.45, 2.75) is 62.5 Å². The summed E-state index contributed by atoms with van der Waals surface area (Å²) in [5.74, 6) is -0.190. The highest BCUT2D eigenvalue weighted by molar-refractivity contribution is 7.90. The van der Waals surface area contributed by atoms with E-state index in [1.165, 1.54) is 0 Å². The van der Waals surface area contributed by atoms with Crippen LogP contribution in [0.3, 0.4) is 0 Å². The third kappa shape index (κ3) is 7.26. The largest absolute Gasteiger partial charge is 0.597 e. The zero-order valence-electron chi connectivity index (χ0n) is 19.8. The molecule has 0 N–H and O–H groups in total. The Bertz CT molecular complexity index is 814. The van der Waals surface area contributed by atoms with Gasteiger partial charge in [-0.3, -0.25) is 4.18 Å². The maximum absolute atomic E-state index is 13.5. The van der Waals surface area contributed by atoms with Crippen LogP contribution >= 0.6 is 0 Å². The topological polar surface area (TPSA) is 88.1 Å². The second kappa shape index (κ2) is 10.2. The number of nitrogens with zero attached hydrogens (tertiary/aromatic N) is 1. The van der Waals surface area contributed by atoms with Crippen LogP contribution in [0, 0.1) is 0 Å². The van der Waals surface area contributed by atoms with Crippen LogP contribution in [0.1, 0.15) is 31.9 Å². The van der Waals surface area contributed by atoms with Crippen molar-refractivity contribution in [3.05, 3.63) is 35.4 Å². The zero-order valence-corrected chi connectivity index (χ0v) is 22.4. The van der Waals surface area contributed by atoms with E-state index in [2.05, 4.69) is 23.8 Å². The van der Waals surface area contributed by atoms with Crippen LogP contribution in [0.2, 0.25) is 25.7 Å². The summed E-state index contributed by atoms with van der Waals surface area (Å²) in [6.07, 6.45) is 0. The number of benzene rings is 1. The Labute approximate surface area is 191 Å². The number of rotatable bonds is 11. The van der Waals surface area contributed by atoms with Crippen molar-refractivity contribution in [2.75, 3.05) is 33.7 Å². The second-order valence-corrected chi connectivity index (χ2v) is 19.7. The highest BCUT2D eigenvalue weighted by Gasteiger charge is 2.54. The second-order valence-electron chi connectivity index (χ2n) is 10.2. The van der Waals surface area contributed by atoms with Crippen LogP contribution < -0.4 is 0 Å². The molecule has 1 atom stereocenters. The maximum atomic E-state index is 13.5. The highest BCUT2D eigenvalue weighted by atomic mass is 32.2. The standard InChI is InChI=1S/C21H37NO6S2Si/c1-20(2,3)29(23)22(17-27-12-13-31(5,6)7)21(15-28-16-21)19-10-8-18(9-11-19)14-30(24,25)26-4/h8-11H,12-17H2,1-7H3. The van der Waals surface area contributed by atoms with Crippen LogP contribution in [0.25, 0.3) is 0 Å². The summed E-state index contributed by atoms with van der Waals surface area (Å²) in [4.78, 5) is 0. The van der Waals surface area contributed by atoms with Gasteiger partial charge < -0.3 is 14.0 Å². The van der Waals surface area contributed by atoms with E-state index >= 15 is 0 Å². The molecule has 178 valence electrons. The third-order valence-corrected chi connectivity index (χ3v) is 9.98. The molecule has 1 fully saturated rings. The minimum absolute atomic E-state index is 0.190. The molecule has 1 aliphatic heterocycles. The van der Waals surface area contributed by atoms with Gasteiger partial charge in [0, 0.05) is 26.0 Å². The summed E-state index contributed by atoms with van der Waals surface area (Å²) in [6, 6.07) is 8.36. The molecule has 0 amide bonds. The van der Waals surface area contributed by atoms with E-state index in [-0.39, 0.29) is 12.5 Å². The molecule has 10 heteroatoms. The van der Waals surface area contributed by atoms with Gasteiger partial charge in [0.05, 0.1) is 20.3 Å². The molecule has 1 unspecified atom stereocenters. The fourth-order valence-electron chi connectivity index (χ4n) is 3.11. The van der Waals surface area contributed by atoms with Crippen molar-refractivity contribution in [1.29, 1.82) is 0 Å². The van der Waals surface area contributed by atoms with Crippen molar-refractivity contribution in [1.82, 2.24) is 4.31 Å². The molecule has 0 bridgehead atoms. The Morgan fingerprint density at radius 1 is 1.19 bits per heavy atom. The van der Waals surface area contributed by atoms with E-state index in [1.807, 2.05) is 37.2 Å². The Balaban J connectivity index is 2.26. The van der Waals surface area contributed by atoms with Crippen molar-refractivity contribution in [3.63, 3.8) is 0 Å². The SMILES string of the molecule is COS(=O)(=O)Cc1ccc(C2(N(COCC[Si](C)(C)C)[S+]([O-])C(C)(C)C)COC2)cc1. The first-order valence-corrected chi connectivity index (χ1v) is 16.8. The molecular formula is C21H37NO6S2Si. The lowest BCUT2D eigenvalue weighted by atomic mass is 9.87. The van der Waals surface area contributed by atoms with E-state index in [4.69, 9.17) is 9.47 Å². The highest BCUT2D eigenvalue weighted by Crippen LogP contribution is 2.41. The molecule has 1 aliphatic rings. The van der Waals surface area contributed by atoms with Crippen molar-refractivity contribution < 1.29 is 26.6 Å². The molecule has 0 aromatic heterocycles. The Hall–Kier alpha value is -0.463. The van der Waals surface area contributed by atoms with Gasteiger partial charge in [0.15, 0.2) is 0 Å². The van der Waals surface area contributed by atoms with Crippen LogP contribution in [-0.4, -0.2) is 63.8 Å². The number of ether oxygens (including phenoxy) is 2. The van der Waals surface area contributed by atoms with Gasteiger partial charge in [-0.05, 0) is 37.9 Å². The van der Waals surface area contributed by atoms with Gasteiger partial charge in [-0.25, -0.2) is 0 Å². The molecule has 1 saturated heterocycles. The lowest BCUT2D eigenvalue weighted by Gasteiger charge is -2.50. The van der Waals surface area contributed by atoms with E-state index in [0.29, 0.717) is 25.4 Å². The molecule has 0 spiro atoms. The Kier molecular flexibility index (Phi) is 8.82. The van der Waals surface area contributed by atoms with Crippen molar-refractivity contribution >= 4 is 29.6 Å². The molecule has 1 aromatic carbocycles. The van der Waals surface area contributed by atoms with Gasteiger partial charge in [-0.15, -0.1) is 0 Å². The van der Waals surface area contributed by atoms with E-state index in [1.54, 1.807) is 12.1 Å². The third-order valence-electron chi connectivity index (χ3n) is 5.18. The molecule has 2 rings (SSSR count).